The van der Waals surface area contributed by atoms with E-state index in [0.29, 0.717) is 5.82 Å². The number of hydrogen-bond acceptors (Lipinski definition) is 3. The first-order valence-corrected chi connectivity index (χ1v) is 3.21. The van der Waals surface area contributed by atoms with Crippen LogP contribution in [0.25, 0.3) is 0 Å². The molecule has 0 radical (unpaired) electrons. The number of nitrogen functional groups attached to an aromatic ring is 1. The van der Waals surface area contributed by atoms with Crippen LogP contribution in [-0.4, -0.2) is 21.3 Å². The maximum absolute atomic E-state index is 8.47. The molecule has 56 valence electrons. The van der Waals surface area contributed by atoms with Crippen molar-refractivity contribution >= 4 is 5.82 Å². The molecule has 0 atom stereocenters. The Hall–Kier alpha value is -1.03. The van der Waals surface area contributed by atoms with Crippen LogP contribution in [0.3, 0.4) is 0 Å². The van der Waals surface area contributed by atoms with Gasteiger partial charge in [0.15, 0.2) is 0 Å². The molecule has 4 heteroatoms. The molecule has 10 heavy (non-hydrogen) atoms. The lowest BCUT2D eigenvalue weighted by molar-refractivity contribution is 0.280. The SMILES string of the molecule is Nc1cn(CCCO)cn1. The topological polar surface area (TPSA) is 64.1 Å². The summed E-state index contributed by atoms with van der Waals surface area (Å²) >= 11 is 0. The molecule has 0 saturated carbocycles. The number of aromatic nitrogens is 2. The van der Waals surface area contributed by atoms with E-state index in [4.69, 9.17) is 10.8 Å². The van der Waals surface area contributed by atoms with Crippen LogP contribution in [0.1, 0.15) is 6.42 Å². The zero-order valence-corrected chi connectivity index (χ0v) is 5.70. The van der Waals surface area contributed by atoms with Gasteiger partial charge in [-0.1, -0.05) is 0 Å². The van der Waals surface area contributed by atoms with Crippen molar-refractivity contribution in [3.8, 4) is 0 Å². The van der Waals surface area contributed by atoms with Gasteiger partial charge in [0.05, 0.1) is 6.33 Å². The van der Waals surface area contributed by atoms with E-state index in [2.05, 4.69) is 4.98 Å². The van der Waals surface area contributed by atoms with Crippen LogP contribution in [-0.2, 0) is 6.54 Å². The maximum atomic E-state index is 8.47. The summed E-state index contributed by atoms with van der Waals surface area (Å²) in [6.45, 7) is 0.985. The zero-order valence-electron chi connectivity index (χ0n) is 5.70. The number of aryl methyl sites for hydroxylation is 1. The molecule has 3 N–H and O–H groups in total. The van der Waals surface area contributed by atoms with E-state index in [-0.39, 0.29) is 6.61 Å². The molecule has 0 fully saturated rings. The standard InChI is InChI=1S/C6H11N3O/c7-6-4-9(5-8-6)2-1-3-10/h4-5,10H,1-3,7H2. The molecular formula is C6H11N3O. The Morgan fingerprint density at radius 3 is 3.00 bits per heavy atom. The van der Waals surface area contributed by atoms with Crippen molar-refractivity contribution in [3.63, 3.8) is 0 Å². The summed E-state index contributed by atoms with van der Waals surface area (Å²) in [5.74, 6) is 0.526. The molecule has 0 spiro atoms. The van der Waals surface area contributed by atoms with Crippen molar-refractivity contribution < 1.29 is 5.11 Å². The van der Waals surface area contributed by atoms with E-state index in [1.165, 1.54) is 0 Å². The Kier molecular flexibility index (Phi) is 2.28. The number of nitrogens with zero attached hydrogens (tertiary/aromatic N) is 2. The van der Waals surface area contributed by atoms with Gasteiger partial charge < -0.3 is 15.4 Å². The van der Waals surface area contributed by atoms with Gasteiger partial charge in [-0.15, -0.1) is 0 Å². The summed E-state index contributed by atoms with van der Waals surface area (Å²) in [4.78, 5) is 3.83. The van der Waals surface area contributed by atoms with Crippen LogP contribution < -0.4 is 5.73 Å². The number of hydrogen-bond donors (Lipinski definition) is 2. The van der Waals surface area contributed by atoms with Crippen LogP contribution in [0.5, 0.6) is 0 Å². The lowest BCUT2D eigenvalue weighted by Crippen LogP contribution is -1.96. The molecule has 0 aromatic carbocycles. The average molecular weight is 141 g/mol. The van der Waals surface area contributed by atoms with Gasteiger partial charge in [-0.3, -0.25) is 0 Å². The van der Waals surface area contributed by atoms with Crippen molar-refractivity contribution in [2.24, 2.45) is 0 Å². The molecule has 0 unspecified atom stereocenters. The van der Waals surface area contributed by atoms with Gasteiger partial charge in [0.2, 0.25) is 0 Å². The Morgan fingerprint density at radius 1 is 1.70 bits per heavy atom. The largest absolute Gasteiger partial charge is 0.396 e. The molecule has 0 aliphatic rings. The summed E-state index contributed by atoms with van der Waals surface area (Å²) < 4.78 is 1.85. The van der Waals surface area contributed by atoms with Crippen molar-refractivity contribution in [2.45, 2.75) is 13.0 Å². The van der Waals surface area contributed by atoms with Gasteiger partial charge in [-0.25, -0.2) is 4.98 Å². The van der Waals surface area contributed by atoms with Crippen LogP contribution in [0, 0.1) is 0 Å². The highest BCUT2D eigenvalue weighted by Gasteiger charge is 1.91. The Bertz CT molecular complexity index is 197. The van der Waals surface area contributed by atoms with Crippen LogP contribution in [0.15, 0.2) is 12.5 Å². The molecule has 0 amide bonds. The third-order valence-electron chi connectivity index (χ3n) is 1.23. The molecule has 0 saturated heterocycles. The third kappa shape index (κ3) is 1.73. The minimum absolute atomic E-state index is 0.206. The highest BCUT2D eigenvalue weighted by Crippen LogP contribution is 1.96. The number of imidazole rings is 1. The zero-order chi connectivity index (χ0) is 7.40. The first-order chi connectivity index (χ1) is 4.83. The first-order valence-electron chi connectivity index (χ1n) is 3.21. The smallest absolute Gasteiger partial charge is 0.141 e. The van der Waals surface area contributed by atoms with Crippen LogP contribution in [0.2, 0.25) is 0 Å². The van der Waals surface area contributed by atoms with Crippen molar-refractivity contribution in [1.82, 2.24) is 9.55 Å². The van der Waals surface area contributed by atoms with Gasteiger partial charge in [0.25, 0.3) is 0 Å². The van der Waals surface area contributed by atoms with Crippen molar-refractivity contribution in [3.05, 3.63) is 12.5 Å². The van der Waals surface area contributed by atoms with Crippen molar-refractivity contribution in [2.75, 3.05) is 12.3 Å². The number of rotatable bonds is 3. The highest BCUT2D eigenvalue weighted by molar-refractivity contribution is 5.22. The summed E-state index contributed by atoms with van der Waals surface area (Å²) in [6.07, 6.45) is 4.15. The molecule has 1 heterocycles. The number of nitrogens with two attached hydrogens (primary N) is 1. The Labute approximate surface area is 59.3 Å². The van der Waals surface area contributed by atoms with E-state index in [0.717, 1.165) is 13.0 Å². The lowest BCUT2D eigenvalue weighted by atomic mass is 10.4. The molecule has 0 aliphatic heterocycles. The molecule has 1 aromatic heterocycles. The van der Waals surface area contributed by atoms with E-state index in [9.17, 15) is 0 Å². The molecule has 1 aromatic rings. The van der Waals surface area contributed by atoms with E-state index in [1.807, 2.05) is 4.57 Å². The second kappa shape index (κ2) is 3.22. The summed E-state index contributed by atoms with van der Waals surface area (Å²) in [5.41, 5.74) is 5.36. The normalized spacial score (nSPS) is 10.1. The second-order valence-electron chi connectivity index (χ2n) is 2.11. The van der Waals surface area contributed by atoms with Crippen LogP contribution in [0.4, 0.5) is 5.82 Å². The number of aliphatic hydroxyl groups is 1. The lowest BCUT2D eigenvalue weighted by Gasteiger charge is -1.96. The molecule has 4 nitrogen and oxygen atoms in total. The van der Waals surface area contributed by atoms with E-state index >= 15 is 0 Å². The fraction of sp³-hybridized carbons (Fsp3) is 0.500. The van der Waals surface area contributed by atoms with Gasteiger partial charge >= 0.3 is 0 Å². The minimum atomic E-state index is 0.206. The second-order valence-corrected chi connectivity index (χ2v) is 2.11. The number of aliphatic hydroxyl groups excluding tert-OH is 1. The summed E-state index contributed by atoms with van der Waals surface area (Å²) in [5, 5.41) is 8.47. The summed E-state index contributed by atoms with van der Waals surface area (Å²) in [7, 11) is 0. The first kappa shape index (κ1) is 7.08. The van der Waals surface area contributed by atoms with Gasteiger partial charge in [0, 0.05) is 19.3 Å². The van der Waals surface area contributed by atoms with Gasteiger partial charge in [0.1, 0.15) is 5.82 Å². The third-order valence-corrected chi connectivity index (χ3v) is 1.23. The molecule has 0 bridgehead atoms. The van der Waals surface area contributed by atoms with Gasteiger partial charge in [-0.05, 0) is 6.42 Å². The molecule has 0 aliphatic carbocycles. The quantitative estimate of drug-likeness (QED) is 0.615. The van der Waals surface area contributed by atoms with Gasteiger partial charge in [-0.2, -0.15) is 0 Å². The van der Waals surface area contributed by atoms with E-state index < -0.39 is 0 Å². The fourth-order valence-corrected chi connectivity index (χ4v) is 0.753. The number of anilines is 1. The van der Waals surface area contributed by atoms with E-state index in [1.54, 1.807) is 12.5 Å². The molecular weight excluding hydrogens is 130 g/mol. The monoisotopic (exact) mass is 141 g/mol. The highest BCUT2D eigenvalue weighted by atomic mass is 16.3. The fourth-order valence-electron chi connectivity index (χ4n) is 0.753. The minimum Gasteiger partial charge on any atom is -0.396 e. The maximum Gasteiger partial charge on any atom is 0.141 e. The Morgan fingerprint density at radius 2 is 2.50 bits per heavy atom. The predicted molar refractivity (Wildman–Crippen MR) is 38.3 cm³/mol. The average Bonchev–Trinajstić information content (AvgIpc) is 2.31. The van der Waals surface area contributed by atoms with Crippen molar-refractivity contribution in [1.29, 1.82) is 0 Å². The summed E-state index contributed by atoms with van der Waals surface area (Å²) in [6, 6.07) is 0. The van der Waals surface area contributed by atoms with Crippen LogP contribution >= 0.6 is 0 Å². The Balaban J connectivity index is 2.42. The molecule has 1 rings (SSSR count). The predicted octanol–water partition coefficient (Wildman–Crippen LogP) is -0.152.